The molecule has 1 amide bonds. The van der Waals surface area contributed by atoms with E-state index in [4.69, 9.17) is 5.73 Å². The van der Waals surface area contributed by atoms with Crippen molar-refractivity contribution >= 4 is 17.6 Å². The highest BCUT2D eigenvalue weighted by Gasteiger charge is 2.30. The van der Waals surface area contributed by atoms with E-state index in [1.54, 1.807) is 12.1 Å². The van der Waals surface area contributed by atoms with Crippen LogP contribution >= 0.6 is 0 Å². The number of nitrogens with zero attached hydrogens (tertiary/aromatic N) is 1. The molecule has 7 nitrogen and oxygen atoms in total. The fraction of sp³-hybridized carbons (Fsp3) is 0.176. The van der Waals surface area contributed by atoms with Crippen molar-refractivity contribution in [3.63, 3.8) is 0 Å². The third-order valence-electron chi connectivity index (χ3n) is 3.19. The van der Waals surface area contributed by atoms with E-state index in [1.807, 2.05) is 0 Å². The molecule has 0 aliphatic heterocycles. The van der Waals surface area contributed by atoms with Crippen molar-refractivity contribution in [2.75, 3.05) is 18.4 Å². The molecule has 0 radical (unpaired) electrons. The largest absolute Gasteiger partial charge is 0.573 e. The van der Waals surface area contributed by atoms with Gasteiger partial charge in [-0.25, -0.2) is 0 Å². The number of benzene rings is 2. The summed E-state index contributed by atoms with van der Waals surface area (Å²) >= 11 is 0. The van der Waals surface area contributed by atoms with Gasteiger partial charge in [0.2, 0.25) is 0 Å². The first-order valence-corrected chi connectivity index (χ1v) is 7.73. The van der Waals surface area contributed by atoms with Gasteiger partial charge in [0.05, 0.1) is 12.1 Å². The maximum Gasteiger partial charge on any atom is 0.573 e. The average Bonchev–Trinajstić information content (AvgIpc) is 2.59. The van der Waals surface area contributed by atoms with Crippen molar-refractivity contribution in [1.29, 1.82) is 0 Å². The first-order chi connectivity index (χ1) is 12.7. The fourth-order valence-electron chi connectivity index (χ4n) is 2.03. The molecule has 5 N–H and O–H groups in total. The van der Waals surface area contributed by atoms with E-state index in [9.17, 15) is 23.1 Å². The number of halogens is 3. The number of guanidine groups is 1. The molecule has 0 fully saturated rings. The molecule has 0 atom stereocenters. The molecule has 27 heavy (non-hydrogen) atoms. The lowest BCUT2D eigenvalue weighted by Crippen LogP contribution is -2.28. The molecule has 0 heterocycles. The minimum absolute atomic E-state index is 0.0243. The number of hydrogen-bond donors (Lipinski definition) is 4. The predicted octanol–water partition coefficient (Wildman–Crippen LogP) is 2.45. The zero-order valence-electron chi connectivity index (χ0n) is 14.0. The number of nitrogens with one attached hydrogen (secondary N) is 2. The zero-order chi connectivity index (χ0) is 19.9. The summed E-state index contributed by atoms with van der Waals surface area (Å²) < 4.78 is 40.0. The van der Waals surface area contributed by atoms with Gasteiger partial charge in [-0.3, -0.25) is 9.79 Å². The van der Waals surface area contributed by atoms with Gasteiger partial charge in [-0.15, -0.1) is 13.2 Å². The van der Waals surface area contributed by atoms with Crippen LogP contribution in [0.1, 0.15) is 10.4 Å². The molecule has 0 aromatic heterocycles. The van der Waals surface area contributed by atoms with Crippen LogP contribution in [-0.4, -0.2) is 36.4 Å². The summed E-state index contributed by atoms with van der Waals surface area (Å²) in [5.41, 5.74) is 6.24. The number of hydrogen-bond acceptors (Lipinski definition) is 4. The number of phenols is 1. The van der Waals surface area contributed by atoms with Crippen molar-refractivity contribution < 1.29 is 27.8 Å². The first kappa shape index (κ1) is 19.9. The second-order valence-electron chi connectivity index (χ2n) is 5.24. The summed E-state index contributed by atoms with van der Waals surface area (Å²) in [6.45, 7) is 0.335. The summed E-state index contributed by atoms with van der Waals surface area (Å²) in [5, 5.41) is 14.9. The van der Waals surface area contributed by atoms with Gasteiger partial charge in [0.1, 0.15) is 11.5 Å². The first-order valence-electron chi connectivity index (χ1n) is 7.73. The Hall–Kier alpha value is -3.43. The number of phenolic OH excluding ortho intramolecular Hbond substituents is 1. The Labute approximate surface area is 152 Å². The Morgan fingerprint density at radius 3 is 2.44 bits per heavy atom. The molecule has 0 unspecified atom stereocenters. The molecular formula is C17H17F3N4O3. The minimum atomic E-state index is -4.75. The Kier molecular flexibility index (Phi) is 6.47. The van der Waals surface area contributed by atoms with Gasteiger partial charge < -0.3 is 26.2 Å². The smallest absolute Gasteiger partial charge is 0.507 e. The predicted molar refractivity (Wildman–Crippen MR) is 93.7 cm³/mol. The van der Waals surface area contributed by atoms with Crippen molar-refractivity contribution in [3.05, 3.63) is 54.1 Å². The Morgan fingerprint density at radius 2 is 1.81 bits per heavy atom. The number of alkyl halides is 3. The molecular weight excluding hydrogens is 365 g/mol. The highest BCUT2D eigenvalue weighted by molar-refractivity contribution is 5.96. The highest BCUT2D eigenvalue weighted by atomic mass is 19.4. The monoisotopic (exact) mass is 382 g/mol. The normalized spacial score (nSPS) is 11.7. The number of anilines is 1. The molecule has 2 aromatic carbocycles. The molecule has 0 saturated heterocycles. The molecule has 0 aliphatic rings. The summed E-state index contributed by atoms with van der Waals surface area (Å²) in [6.07, 6.45) is -4.75. The van der Waals surface area contributed by atoms with Gasteiger partial charge in [0.15, 0.2) is 5.96 Å². The van der Waals surface area contributed by atoms with Crippen LogP contribution in [0.3, 0.4) is 0 Å². The van der Waals surface area contributed by atoms with Crippen molar-refractivity contribution in [3.8, 4) is 11.5 Å². The summed E-state index contributed by atoms with van der Waals surface area (Å²) in [6, 6.07) is 11.1. The van der Waals surface area contributed by atoms with E-state index in [2.05, 4.69) is 20.4 Å². The van der Waals surface area contributed by atoms with Crippen LogP contribution in [0.4, 0.5) is 18.9 Å². The SMILES string of the molecule is NC(=NCCNC(=O)c1ccccc1O)Nc1ccc(OC(F)(F)F)cc1. The lowest BCUT2D eigenvalue weighted by Gasteiger charge is -2.10. The quantitative estimate of drug-likeness (QED) is 0.349. The van der Waals surface area contributed by atoms with E-state index in [1.165, 1.54) is 24.3 Å². The molecule has 0 aliphatic carbocycles. The van der Waals surface area contributed by atoms with Gasteiger partial charge in [0, 0.05) is 12.2 Å². The number of ether oxygens (including phenoxy) is 1. The van der Waals surface area contributed by atoms with E-state index < -0.39 is 12.3 Å². The molecule has 2 aromatic rings. The van der Waals surface area contributed by atoms with Gasteiger partial charge in [-0.2, -0.15) is 0 Å². The number of carbonyl (C=O) groups is 1. The van der Waals surface area contributed by atoms with Crippen molar-refractivity contribution in [2.45, 2.75) is 6.36 Å². The van der Waals surface area contributed by atoms with Crippen LogP contribution in [0, 0.1) is 0 Å². The number of carbonyl (C=O) groups excluding carboxylic acids is 1. The number of aromatic hydroxyl groups is 1. The van der Waals surface area contributed by atoms with Crippen LogP contribution in [0.15, 0.2) is 53.5 Å². The topological polar surface area (TPSA) is 109 Å². The van der Waals surface area contributed by atoms with Crippen LogP contribution in [-0.2, 0) is 0 Å². The molecule has 0 spiro atoms. The minimum Gasteiger partial charge on any atom is -0.507 e. The van der Waals surface area contributed by atoms with E-state index >= 15 is 0 Å². The highest BCUT2D eigenvalue weighted by Crippen LogP contribution is 2.23. The van der Waals surface area contributed by atoms with Gasteiger partial charge in [0.25, 0.3) is 5.91 Å². The fourth-order valence-corrected chi connectivity index (χ4v) is 2.03. The van der Waals surface area contributed by atoms with Crippen molar-refractivity contribution in [1.82, 2.24) is 5.32 Å². The number of nitrogens with two attached hydrogens (primary N) is 1. The van der Waals surface area contributed by atoms with Crippen molar-refractivity contribution in [2.24, 2.45) is 10.7 Å². The van der Waals surface area contributed by atoms with Crippen LogP contribution in [0.2, 0.25) is 0 Å². The van der Waals surface area contributed by atoms with Crippen LogP contribution < -0.4 is 21.1 Å². The Bertz CT molecular complexity index is 808. The standard InChI is InChI=1S/C17H17F3N4O3/c18-17(19,20)27-12-7-5-11(6-8-12)24-16(21)23-10-9-22-15(26)13-3-1-2-4-14(13)25/h1-8,25H,9-10H2,(H,22,26)(H3,21,23,24). The lowest BCUT2D eigenvalue weighted by molar-refractivity contribution is -0.274. The zero-order valence-corrected chi connectivity index (χ0v) is 14.0. The number of rotatable bonds is 6. The summed E-state index contributed by atoms with van der Waals surface area (Å²) in [5.74, 6) is -0.903. The Balaban J connectivity index is 1.79. The van der Waals surface area contributed by atoms with E-state index in [-0.39, 0.29) is 36.1 Å². The number of aliphatic imine (C=N–C) groups is 1. The van der Waals surface area contributed by atoms with Crippen LogP contribution in [0.5, 0.6) is 11.5 Å². The molecule has 10 heteroatoms. The maximum atomic E-state index is 12.1. The molecule has 0 bridgehead atoms. The Morgan fingerprint density at radius 1 is 1.15 bits per heavy atom. The molecule has 0 saturated carbocycles. The lowest BCUT2D eigenvalue weighted by atomic mass is 10.2. The molecule has 2 rings (SSSR count). The third kappa shape index (κ3) is 6.77. The summed E-state index contributed by atoms with van der Waals surface area (Å²) in [4.78, 5) is 15.9. The van der Waals surface area contributed by atoms with E-state index in [0.717, 1.165) is 12.1 Å². The number of amides is 1. The van der Waals surface area contributed by atoms with Gasteiger partial charge >= 0.3 is 6.36 Å². The summed E-state index contributed by atoms with van der Waals surface area (Å²) in [7, 11) is 0. The van der Waals surface area contributed by atoms with Gasteiger partial charge in [-0.1, -0.05) is 12.1 Å². The van der Waals surface area contributed by atoms with E-state index in [0.29, 0.717) is 5.69 Å². The maximum absolute atomic E-state index is 12.1. The second-order valence-corrected chi connectivity index (χ2v) is 5.24. The second kappa shape index (κ2) is 8.79. The van der Waals surface area contributed by atoms with Gasteiger partial charge in [-0.05, 0) is 36.4 Å². The van der Waals surface area contributed by atoms with Crippen LogP contribution in [0.25, 0.3) is 0 Å². The number of para-hydroxylation sites is 1. The third-order valence-corrected chi connectivity index (χ3v) is 3.19. The average molecular weight is 382 g/mol. The molecule has 144 valence electrons.